The number of amides is 1. The average Bonchev–Trinajstić information content (AvgIpc) is 3.28. The first-order chi connectivity index (χ1) is 16.1. The molecule has 4 aromatic rings. The summed E-state index contributed by atoms with van der Waals surface area (Å²) in [5, 5.41) is 2.86. The van der Waals surface area contributed by atoms with Gasteiger partial charge in [-0.15, -0.1) is 0 Å². The van der Waals surface area contributed by atoms with E-state index in [1.54, 1.807) is 12.1 Å². The quantitative estimate of drug-likeness (QED) is 0.431. The number of aryl methyl sites for hydroxylation is 1. The van der Waals surface area contributed by atoms with Gasteiger partial charge in [0.2, 0.25) is 0 Å². The second-order valence-electron chi connectivity index (χ2n) is 8.22. The van der Waals surface area contributed by atoms with E-state index in [4.69, 9.17) is 4.74 Å². The summed E-state index contributed by atoms with van der Waals surface area (Å²) < 4.78 is 21.0. The topological polar surface area (TPSA) is 56.2 Å². The highest BCUT2D eigenvalue weighted by atomic mass is 19.1. The third-order valence-electron chi connectivity index (χ3n) is 5.92. The van der Waals surface area contributed by atoms with Crippen molar-refractivity contribution in [3.63, 3.8) is 0 Å². The molecule has 0 unspecified atom stereocenters. The first-order valence-corrected chi connectivity index (χ1v) is 11.1. The van der Waals surface area contributed by atoms with Crippen LogP contribution in [0, 0.1) is 5.82 Å². The van der Waals surface area contributed by atoms with Crippen molar-refractivity contribution in [1.29, 1.82) is 0 Å². The molecule has 6 heteroatoms. The monoisotopic (exact) mass is 441 g/mol. The van der Waals surface area contributed by atoms with Crippen LogP contribution in [0.2, 0.25) is 0 Å². The molecule has 1 aliphatic rings. The highest BCUT2D eigenvalue weighted by molar-refractivity contribution is 5.92. The predicted molar refractivity (Wildman–Crippen MR) is 124 cm³/mol. The third-order valence-corrected chi connectivity index (χ3v) is 5.92. The van der Waals surface area contributed by atoms with E-state index in [1.165, 1.54) is 17.7 Å². The van der Waals surface area contributed by atoms with Crippen molar-refractivity contribution in [3.05, 3.63) is 114 Å². The Labute approximate surface area is 191 Å². The van der Waals surface area contributed by atoms with Crippen molar-refractivity contribution in [1.82, 2.24) is 14.9 Å². The molecule has 0 spiro atoms. The highest BCUT2D eigenvalue weighted by Gasteiger charge is 2.23. The Morgan fingerprint density at radius 3 is 2.48 bits per heavy atom. The number of fused-ring (bicyclic) bond motifs is 1. The molecule has 0 fully saturated rings. The number of aromatic nitrogens is 2. The van der Waals surface area contributed by atoms with Gasteiger partial charge in [0, 0.05) is 31.6 Å². The summed E-state index contributed by atoms with van der Waals surface area (Å²) in [6.45, 7) is 1.12. The van der Waals surface area contributed by atoms with Gasteiger partial charge in [-0.1, -0.05) is 42.5 Å². The molecule has 3 aromatic carbocycles. The fourth-order valence-electron chi connectivity index (χ4n) is 4.13. The Morgan fingerprint density at radius 2 is 1.73 bits per heavy atom. The second kappa shape index (κ2) is 9.28. The van der Waals surface area contributed by atoms with Crippen LogP contribution in [0.5, 0.6) is 11.5 Å². The van der Waals surface area contributed by atoms with Gasteiger partial charge in [0.1, 0.15) is 28.8 Å². The summed E-state index contributed by atoms with van der Waals surface area (Å²) in [7, 11) is 0. The normalized spacial score (nSPS) is 15.0. The number of benzene rings is 3. The molecule has 1 aliphatic heterocycles. The second-order valence-corrected chi connectivity index (χ2v) is 8.22. The van der Waals surface area contributed by atoms with Crippen LogP contribution in [0.1, 0.15) is 39.8 Å². The van der Waals surface area contributed by atoms with Gasteiger partial charge in [0.25, 0.3) is 5.91 Å². The Kier molecular flexibility index (Phi) is 5.89. The molecule has 0 bridgehead atoms. The summed E-state index contributed by atoms with van der Waals surface area (Å²) in [4.78, 5) is 17.1. The number of hydrogen-bond donors (Lipinski definition) is 1. The molecule has 33 heavy (non-hydrogen) atoms. The molecular weight excluding hydrogens is 417 g/mol. The predicted octanol–water partition coefficient (Wildman–Crippen LogP) is 5.47. The van der Waals surface area contributed by atoms with Gasteiger partial charge in [-0.25, -0.2) is 9.37 Å². The molecule has 5 rings (SSSR count). The summed E-state index contributed by atoms with van der Waals surface area (Å²) >= 11 is 0. The van der Waals surface area contributed by atoms with Gasteiger partial charge in [-0.05, 0) is 53.9 Å². The van der Waals surface area contributed by atoms with Gasteiger partial charge in [0.05, 0.1) is 0 Å². The van der Waals surface area contributed by atoms with Crippen molar-refractivity contribution in [2.24, 2.45) is 0 Å². The average molecular weight is 442 g/mol. The lowest BCUT2D eigenvalue weighted by molar-refractivity contribution is 0.0946. The van der Waals surface area contributed by atoms with E-state index < -0.39 is 0 Å². The third kappa shape index (κ3) is 4.95. The number of para-hydroxylation sites is 1. The van der Waals surface area contributed by atoms with Crippen molar-refractivity contribution >= 4 is 5.91 Å². The zero-order valence-corrected chi connectivity index (χ0v) is 18.1. The lowest BCUT2D eigenvalue weighted by Gasteiger charge is -2.24. The minimum atomic E-state index is -0.292. The lowest BCUT2D eigenvalue weighted by atomic mass is 9.91. The molecule has 2 heterocycles. The molecule has 1 aromatic heterocycles. The Morgan fingerprint density at radius 1 is 1.00 bits per heavy atom. The van der Waals surface area contributed by atoms with E-state index in [0.717, 1.165) is 42.3 Å². The van der Waals surface area contributed by atoms with Gasteiger partial charge in [-0.2, -0.15) is 0 Å². The number of nitrogens with one attached hydrogen (secondary N) is 1. The van der Waals surface area contributed by atoms with Crippen LogP contribution in [-0.2, 0) is 19.5 Å². The fraction of sp³-hybridized carbons (Fsp3) is 0.185. The van der Waals surface area contributed by atoms with Crippen LogP contribution < -0.4 is 10.1 Å². The number of rotatable bonds is 6. The number of imidazole rings is 1. The van der Waals surface area contributed by atoms with Crippen molar-refractivity contribution in [2.75, 3.05) is 0 Å². The number of hydrogen-bond acceptors (Lipinski definition) is 3. The number of ether oxygens (including phenoxy) is 1. The molecule has 1 amide bonds. The first-order valence-electron chi connectivity index (χ1n) is 11.1. The molecule has 166 valence electrons. The van der Waals surface area contributed by atoms with Gasteiger partial charge >= 0.3 is 0 Å². The van der Waals surface area contributed by atoms with E-state index in [0.29, 0.717) is 18.2 Å². The maximum atomic E-state index is 13.0. The van der Waals surface area contributed by atoms with E-state index in [-0.39, 0.29) is 11.7 Å². The van der Waals surface area contributed by atoms with Crippen LogP contribution in [0.3, 0.4) is 0 Å². The summed E-state index contributed by atoms with van der Waals surface area (Å²) in [5.74, 6) is 2.40. The lowest BCUT2D eigenvalue weighted by Crippen LogP contribution is -2.23. The molecule has 0 saturated carbocycles. The van der Waals surface area contributed by atoms with Gasteiger partial charge in [0.15, 0.2) is 0 Å². The van der Waals surface area contributed by atoms with Crippen LogP contribution >= 0.6 is 0 Å². The Hall–Kier alpha value is -3.93. The molecule has 0 aliphatic carbocycles. The molecule has 0 saturated heterocycles. The van der Waals surface area contributed by atoms with Crippen molar-refractivity contribution in [3.8, 4) is 11.5 Å². The summed E-state index contributed by atoms with van der Waals surface area (Å²) in [6.07, 6.45) is 3.62. The van der Waals surface area contributed by atoms with E-state index in [1.807, 2.05) is 48.7 Å². The zero-order chi connectivity index (χ0) is 22.6. The minimum absolute atomic E-state index is 0.222. The minimum Gasteiger partial charge on any atom is -0.457 e. The van der Waals surface area contributed by atoms with E-state index >= 15 is 0 Å². The van der Waals surface area contributed by atoms with Gasteiger partial charge < -0.3 is 14.6 Å². The van der Waals surface area contributed by atoms with Crippen molar-refractivity contribution < 1.29 is 13.9 Å². The maximum absolute atomic E-state index is 13.0. The summed E-state index contributed by atoms with van der Waals surface area (Å²) in [6, 6.07) is 24.0. The highest BCUT2D eigenvalue weighted by Crippen LogP contribution is 2.31. The van der Waals surface area contributed by atoms with Crippen molar-refractivity contribution in [2.45, 2.75) is 31.8 Å². The number of carbonyl (C=O) groups is 1. The molecule has 1 N–H and O–H groups in total. The molecule has 1 atom stereocenters. The number of carbonyl (C=O) groups excluding carboxylic acids is 1. The van der Waals surface area contributed by atoms with Crippen LogP contribution in [0.4, 0.5) is 4.39 Å². The number of nitrogens with zero attached hydrogens (tertiary/aromatic N) is 2. The largest absolute Gasteiger partial charge is 0.457 e. The van der Waals surface area contributed by atoms with Crippen LogP contribution in [-0.4, -0.2) is 15.5 Å². The van der Waals surface area contributed by atoms with Crippen LogP contribution in [0.25, 0.3) is 0 Å². The fourth-order valence-corrected chi connectivity index (χ4v) is 4.13. The SMILES string of the molecule is O=C(NCc1ccc(F)cc1)c1cn2c(n1)CC[C@@H](c1ccc(Oc3ccccc3)cc1)C2. The first kappa shape index (κ1) is 20.9. The molecule has 0 radical (unpaired) electrons. The van der Waals surface area contributed by atoms with Crippen LogP contribution in [0.15, 0.2) is 85.1 Å². The van der Waals surface area contributed by atoms with Gasteiger partial charge in [-0.3, -0.25) is 4.79 Å². The number of halogens is 1. The Bertz CT molecular complexity index is 1230. The standard InChI is InChI=1S/C27H24FN3O2/c28-22-11-6-19(7-12-22)16-29-27(32)25-18-31-17-21(10-15-26(31)30-25)20-8-13-24(14-9-20)33-23-4-2-1-3-5-23/h1-9,11-14,18,21H,10,15-17H2,(H,29,32)/t21-/m1/s1. The summed E-state index contributed by atoms with van der Waals surface area (Å²) in [5.41, 5.74) is 2.50. The smallest absolute Gasteiger partial charge is 0.271 e. The molecule has 5 nitrogen and oxygen atoms in total. The molecular formula is C27H24FN3O2. The Balaban J connectivity index is 1.21. The maximum Gasteiger partial charge on any atom is 0.271 e. The van der Waals surface area contributed by atoms with E-state index in [9.17, 15) is 9.18 Å². The zero-order valence-electron chi connectivity index (χ0n) is 18.1. The van der Waals surface area contributed by atoms with E-state index in [2.05, 4.69) is 27.0 Å².